The van der Waals surface area contributed by atoms with Crippen molar-refractivity contribution in [3.63, 3.8) is 0 Å². The number of carbonyl (C=O) groups is 2. The molecule has 1 saturated carbocycles. The topological polar surface area (TPSA) is 101 Å². The molecule has 2 aromatic rings. The van der Waals surface area contributed by atoms with Crippen molar-refractivity contribution in [2.75, 3.05) is 11.9 Å². The van der Waals surface area contributed by atoms with Gasteiger partial charge in [0.25, 0.3) is 0 Å². The number of imidazole rings is 1. The minimum Gasteiger partial charge on any atom is -0.338 e. The summed E-state index contributed by atoms with van der Waals surface area (Å²) in [6.45, 7) is -0.849. The van der Waals surface area contributed by atoms with E-state index in [0.717, 1.165) is 41.6 Å². The van der Waals surface area contributed by atoms with E-state index in [1.807, 2.05) is 0 Å². The van der Waals surface area contributed by atoms with Crippen LogP contribution < -0.4 is 16.0 Å². The van der Waals surface area contributed by atoms with Gasteiger partial charge >= 0.3 is 12.6 Å². The molecule has 2 aromatic heterocycles. The number of urea groups is 1. The minimum atomic E-state index is -2.71. The van der Waals surface area contributed by atoms with Crippen LogP contribution in [-0.4, -0.2) is 39.1 Å². The molecule has 0 unspecified atom stereocenters. The Balaban J connectivity index is 1.47. The smallest absolute Gasteiger partial charge is 0.320 e. The van der Waals surface area contributed by atoms with Crippen molar-refractivity contribution in [3.8, 4) is 10.7 Å². The van der Waals surface area contributed by atoms with Crippen LogP contribution in [0.4, 0.5) is 18.7 Å². The van der Waals surface area contributed by atoms with Gasteiger partial charge in [0.15, 0.2) is 11.0 Å². The Bertz CT molecular complexity index is 847. The molecule has 11 heteroatoms. The lowest BCUT2D eigenvalue weighted by atomic mass is 9.96. The standard InChI is InChI=1S/C18H24F2N6O2S/c1-11-14(15-21-9-10-26(15)16(19)20)29-18(23-11)25-13(27)7-8-22-17(28)24-12-5-3-2-4-6-12/h9-10,12,16H,2-8H2,1H3,(H2,22,24,28)(H,23,25,27). The number of rotatable bonds is 7. The largest absolute Gasteiger partial charge is 0.338 e. The van der Waals surface area contributed by atoms with Crippen molar-refractivity contribution in [2.45, 2.75) is 58.0 Å². The highest BCUT2D eigenvalue weighted by molar-refractivity contribution is 7.19. The average molecular weight is 426 g/mol. The second-order valence-electron chi connectivity index (χ2n) is 6.90. The third kappa shape index (κ3) is 5.72. The van der Waals surface area contributed by atoms with Crippen molar-refractivity contribution in [3.05, 3.63) is 18.1 Å². The van der Waals surface area contributed by atoms with Gasteiger partial charge < -0.3 is 16.0 Å². The molecule has 0 aliphatic heterocycles. The first-order valence-corrected chi connectivity index (χ1v) is 10.4. The van der Waals surface area contributed by atoms with Crippen molar-refractivity contribution in [2.24, 2.45) is 0 Å². The van der Waals surface area contributed by atoms with Crippen LogP contribution in [0.15, 0.2) is 12.4 Å². The quantitative estimate of drug-likeness (QED) is 0.629. The summed E-state index contributed by atoms with van der Waals surface area (Å²) < 4.78 is 26.8. The summed E-state index contributed by atoms with van der Waals surface area (Å²) in [5.74, 6) is -0.211. The molecule has 0 radical (unpaired) electrons. The third-order valence-corrected chi connectivity index (χ3v) is 5.77. The number of amides is 3. The highest BCUT2D eigenvalue weighted by atomic mass is 32.1. The van der Waals surface area contributed by atoms with Crippen LogP contribution in [0, 0.1) is 6.92 Å². The third-order valence-electron chi connectivity index (χ3n) is 4.70. The summed E-state index contributed by atoms with van der Waals surface area (Å²) in [4.78, 5) is 32.6. The molecule has 0 spiro atoms. The van der Waals surface area contributed by atoms with E-state index in [2.05, 4.69) is 25.9 Å². The van der Waals surface area contributed by atoms with E-state index in [-0.39, 0.29) is 36.8 Å². The van der Waals surface area contributed by atoms with Crippen molar-refractivity contribution in [1.82, 2.24) is 25.2 Å². The Labute approximate surface area is 171 Å². The van der Waals surface area contributed by atoms with Gasteiger partial charge in [0.05, 0.1) is 10.6 Å². The van der Waals surface area contributed by atoms with Gasteiger partial charge in [0.2, 0.25) is 5.91 Å². The predicted octanol–water partition coefficient (Wildman–Crippen LogP) is 3.67. The Kier molecular flexibility index (Phi) is 7.13. The van der Waals surface area contributed by atoms with E-state index in [9.17, 15) is 18.4 Å². The van der Waals surface area contributed by atoms with Crippen molar-refractivity contribution in [1.29, 1.82) is 0 Å². The van der Waals surface area contributed by atoms with E-state index in [1.54, 1.807) is 6.92 Å². The normalized spacial score (nSPS) is 14.8. The summed E-state index contributed by atoms with van der Waals surface area (Å²) in [5.41, 5.74) is 0.503. The van der Waals surface area contributed by atoms with Gasteiger partial charge in [0, 0.05) is 31.4 Å². The fourth-order valence-electron chi connectivity index (χ4n) is 3.26. The van der Waals surface area contributed by atoms with E-state index in [1.165, 1.54) is 18.8 Å². The Morgan fingerprint density at radius 3 is 2.79 bits per heavy atom. The molecule has 1 aliphatic rings. The van der Waals surface area contributed by atoms with Gasteiger partial charge in [-0.05, 0) is 19.8 Å². The number of thiazole rings is 1. The van der Waals surface area contributed by atoms with E-state index < -0.39 is 6.55 Å². The Morgan fingerprint density at radius 2 is 2.07 bits per heavy atom. The van der Waals surface area contributed by atoms with Crippen LogP contribution in [0.3, 0.4) is 0 Å². The van der Waals surface area contributed by atoms with Gasteiger partial charge in [-0.1, -0.05) is 30.6 Å². The molecule has 0 bridgehead atoms. The highest BCUT2D eigenvalue weighted by Crippen LogP contribution is 2.33. The predicted molar refractivity (Wildman–Crippen MR) is 106 cm³/mol. The second kappa shape index (κ2) is 9.77. The molecule has 8 nitrogen and oxygen atoms in total. The first-order chi connectivity index (χ1) is 13.9. The maximum Gasteiger partial charge on any atom is 0.320 e. The number of nitrogens with zero attached hydrogens (tertiary/aromatic N) is 3. The van der Waals surface area contributed by atoms with Gasteiger partial charge in [-0.3, -0.25) is 9.36 Å². The fourth-order valence-corrected chi connectivity index (χ4v) is 4.24. The number of anilines is 1. The average Bonchev–Trinajstić information content (AvgIpc) is 3.29. The molecule has 0 atom stereocenters. The molecule has 3 rings (SSSR count). The molecule has 29 heavy (non-hydrogen) atoms. The summed E-state index contributed by atoms with van der Waals surface area (Å²) in [6, 6.07) is -0.0639. The maximum absolute atomic E-state index is 13.0. The van der Waals surface area contributed by atoms with Gasteiger partial charge in [0.1, 0.15) is 0 Å². The highest BCUT2D eigenvalue weighted by Gasteiger charge is 2.19. The number of halogens is 2. The molecule has 0 saturated heterocycles. The summed E-state index contributed by atoms with van der Waals surface area (Å²) in [7, 11) is 0. The lowest BCUT2D eigenvalue weighted by Crippen LogP contribution is -2.43. The first-order valence-electron chi connectivity index (χ1n) is 9.57. The van der Waals surface area contributed by atoms with Crippen LogP contribution in [-0.2, 0) is 4.79 Å². The van der Waals surface area contributed by atoms with Crippen LogP contribution in [0.25, 0.3) is 10.7 Å². The minimum absolute atomic E-state index is 0.0811. The molecule has 158 valence electrons. The molecule has 1 aliphatic carbocycles. The fraction of sp³-hybridized carbons (Fsp3) is 0.556. The van der Waals surface area contributed by atoms with Crippen LogP contribution in [0.1, 0.15) is 50.8 Å². The number of hydrogen-bond donors (Lipinski definition) is 3. The number of alkyl halides is 2. The SMILES string of the molecule is Cc1nc(NC(=O)CCNC(=O)NC2CCCCC2)sc1-c1nccn1C(F)F. The number of carbonyl (C=O) groups excluding carboxylic acids is 2. The number of hydrogen-bond acceptors (Lipinski definition) is 5. The Hall–Kier alpha value is -2.56. The monoisotopic (exact) mass is 426 g/mol. The first kappa shape index (κ1) is 21.2. The maximum atomic E-state index is 13.0. The second-order valence-corrected chi connectivity index (χ2v) is 7.90. The molecule has 0 aromatic carbocycles. The lowest BCUT2D eigenvalue weighted by molar-refractivity contribution is -0.116. The van der Waals surface area contributed by atoms with Crippen LogP contribution >= 0.6 is 11.3 Å². The van der Waals surface area contributed by atoms with E-state index in [0.29, 0.717) is 15.7 Å². The number of aryl methyl sites for hydroxylation is 1. The van der Waals surface area contributed by atoms with Crippen molar-refractivity contribution < 1.29 is 18.4 Å². The zero-order valence-corrected chi connectivity index (χ0v) is 16.9. The van der Waals surface area contributed by atoms with E-state index in [4.69, 9.17) is 0 Å². The number of nitrogens with one attached hydrogen (secondary N) is 3. The Morgan fingerprint density at radius 1 is 1.31 bits per heavy atom. The van der Waals surface area contributed by atoms with Gasteiger partial charge in [-0.15, -0.1) is 0 Å². The lowest BCUT2D eigenvalue weighted by Gasteiger charge is -2.22. The molecular formula is C18H24F2N6O2S. The summed E-state index contributed by atoms with van der Waals surface area (Å²) in [5, 5.41) is 8.55. The molecule has 3 N–H and O–H groups in total. The summed E-state index contributed by atoms with van der Waals surface area (Å²) >= 11 is 1.08. The zero-order valence-electron chi connectivity index (χ0n) is 16.1. The van der Waals surface area contributed by atoms with Crippen molar-refractivity contribution >= 4 is 28.4 Å². The molecular weight excluding hydrogens is 402 g/mol. The zero-order chi connectivity index (χ0) is 20.8. The molecule has 2 heterocycles. The molecule has 3 amide bonds. The molecule has 1 fully saturated rings. The van der Waals surface area contributed by atoms with Crippen LogP contribution in [0.5, 0.6) is 0 Å². The van der Waals surface area contributed by atoms with Crippen LogP contribution in [0.2, 0.25) is 0 Å². The van der Waals surface area contributed by atoms with Gasteiger partial charge in [-0.25, -0.2) is 14.8 Å². The number of aromatic nitrogens is 3. The van der Waals surface area contributed by atoms with Gasteiger partial charge in [-0.2, -0.15) is 8.78 Å². The van der Waals surface area contributed by atoms with E-state index >= 15 is 0 Å². The summed E-state index contributed by atoms with van der Waals surface area (Å²) in [6.07, 6.45) is 8.01.